The van der Waals surface area contributed by atoms with Crippen LogP contribution in [0.1, 0.15) is 19.4 Å². The first kappa shape index (κ1) is 12.4. The predicted molar refractivity (Wildman–Crippen MR) is 54.2 cm³/mol. The lowest BCUT2D eigenvalue weighted by Crippen LogP contribution is -1.87. The highest BCUT2D eigenvalue weighted by Gasteiger charge is 2.04. The van der Waals surface area contributed by atoms with E-state index in [4.69, 9.17) is 0 Å². The van der Waals surface area contributed by atoms with Crippen molar-refractivity contribution in [3.63, 3.8) is 0 Å². The third-order valence-electron chi connectivity index (χ3n) is 1.43. The Morgan fingerprint density at radius 1 is 1.08 bits per heavy atom. The maximum Gasteiger partial charge on any atom is 0.137 e. The van der Waals surface area contributed by atoms with Gasteiger partial charge in [-0.3, -0.25) is 0 Å². The van der Waals surface area contributed by atoms with Crippen molar-refractivity contribution in [3.8, 4) is 0 Å². The van der Waals surface area contributed by atoms with Gasteiger partial charge >= 0.3 is 0 Å². The van der Waals surface area contributed by atoms with Crippen molar-refractivity contribution in [1.82, 2.24) is 0 Å². The van der Waals surface area contributed by atoms with E-state index in [0.29, 0.717) is 10.5 Å². The first-order chi connectivity index (χ1) is 6.15. The summed E-state index contributed by atoms with van der Waals surface area (Å²) in [7, 11) is 0. The first-order valence-electron chi connectivity index (χ1n) is 4.15. The van der Waals surface area contributed by atoms with Gasteiger partial charge in [-0.25, -0.2) is 8.78 Å². The summed E-state index contributed by atoms with van der Waals surface area (Å²) in [4.78, 5) is 0.355. The van der Waals surface area contributed by atoms with Gasteiger partial charge in [-0.2, -0.15) is 0 Å². The SMILES string of the molecule is CC.CSc1cc(F)c(C)cc1F. The molecule has 3 heteroatoms. The molecule has 0 bridgehead atoms. The van der Waals surface area contributed by atoms with Gasteiger partial charge in [0.15, 0.2) is 0 Å². The van der Waals surface area contributed by atoms with Crippen LogP contribution in [0.3, 0.4) is 0 Å². The molecular formula is C10H14F2S. The fourth-order valence-corrected chi connectivity index (χ4v) is 1.26. The highest BCUT2D eigenvalue weighted by molar-refractivity contribution is 7.98. The molecule has 0 unspecified atom stereocenters. The largest absolute Gasteiger partial charge is 0.207 e. The second-order valence-electron chi connectivity index (χ2n) is 2.24. The van der Waals surface area contributed by atoms with E-state index < -0.39 is 0 Å². The molecule has 0 heterocycles. The van der Waals surface area contributed by atoms with Crippen molar-refractivity contribution in [1.29, 1.82) is 0 Å². The smallest absolute Gasteiger partial charge is 0.137 e. The Labute approximate surface area is 82.4 Å². The number of benzene rings is 1. The number of hydrogen-bond acceptors (Lipinski definition) is 1. The zero-order valence-corrected chi connectivity index (χ0v) is 9.14. The van der Waals surface area contributed by atoms with Crippen molar-refractivity contribution in [2.75, 3.05) is 6.26 Å². The summed E-state index contributed by atoms with van der Waals surface area (Å²) >= 11 is 1.20. The minimum atomic E-state index is -0.351. The summed E-state index contributed by atoms with van der Waals surface area (Å²) in [6, 6.07) is 2.43. The molecule has 0 saturated carbocycles. The van der Waals surface area contributed by atoms with Gasteiger partial charge in [-0.1, -0.05) is 13.8 Å². The standard InChI is InChI=1S/C8H8F2S.C2H6/c1-5-3-7(10)8(11-2)4-6(5)9;1-2/h3-4H,1-2H3;1-2H3. The summed E-state index contributed by atoms with van der Waals surface area (Å²) < 4.78 is 25.6. The van der Waals surface area contributed by atoms with Gasteiger partial charge in [0.2, 0.25) is 0 Å². The van der Waals surface area contributed by atoms with Gasteiger partial charge in [0.1, 0.15) is 11.6 Å². The fraction of sp³-hybridized carbons (Fsp3) is 0.400. The van der Waals surface area contributed by atoms with Crippen LogP contribution >= 0.6 is 11.8 Å². The van der Waals surface area contributed by atoms with Crippen LogP contribution in [0.5, 0.6) is 0 Å². The van der Waals surface area contributed by atoms with Crippen LogP contribution in [-0.2, 0) is 0 Å². The maximum atomic E-state index is 12.8. The van der Waals surface area contributed by atoms with Crippen LogP contribution in [0.15, 0.2) is 17.0 Å². The Morgan fingerprint density at radius 2 is 1.62 bits per heavy atom. The highest BCUT2D eigenvalue weighted by Crippen LogP contribution is 2.21. The molecule has 1 aromatic rings. The predicted octanol–water partition coefficient (Wildman–Crippen LogP) is 4.02. The van der Waals surface area contributed by atoms with Crippen molar-refractivity contribution < 1.29 is 8.78 Å². The molecule has 0 aliphatic rings. The second-order valence-corrected chi connectivity index (χ2v) is 3.08. The van der Waals surface area contributed by atoms with E-state index in [0.717, 1.165) is 0 Å². The summed E-state index contributed by atoms with van der Waals surface area (Å²) in [6.45, 7) is 5.54. The summed E-state index contributed by atoms with van der Waals surface area (Å²) in [5.74, 6) is -0.702. The molecule has 0 fully saturated rings. The molecule has 1 rings (SSSR count). The van der Waals surface area contributed by atoms with Crippen LogP contribution in [0, 0.1) is 18.6 Å². The second kappa shape index (κ2) is 5.97. The highest BCUT2D eigenvalue weighted by atomic mass is 32.2. The number of thioether (sulfide) groups is 1. The molecule has 0 aliphatic carbocycles. The third kappa shape index (κ3) is 3.35. The summed E-state index contributed by atoms with van der Waals surface area (Å²) in [5.41, 5.74) is 0.348. The molecule has 0 N–H and O–H groups in total. The first-order valence-corrected chi connectivity index (χ1v) is 5.37. The van der Waals surface area contributed by atoms with Crippen LogP contribution in [-0.4, -0.2) is 6.26 Å². The molecule has 0 atom stereocenters. The van der Waals surface area contributed by atoms with Gasteiger partial charge in [0, 0.05) is 4.90 Å². The van der Waals surface area contributed by atoms with Crippen molar-refractivity contribution in [2.45, 2.75) is 25.7 Å². The molecule has 0 aromatic heterocycles. The number of aryl methyl sites for hydroxylation is 1. The van der Waals surface area contributed by atoms with Crippen LogP contribution in [0.2, 0.25) is 0 Å². The zero-order valence-electron chi connectivity index (χ0n) is 8.32. The number of rotatable bonds is 1. The van der Waals surface area contributed by atoms with Gasteiger partial charge in [0.05, 0.1) is 0 Å². The lowest BCUT2D eigenvalue weighted by Gasteiger charge is -2.00. The van der Waals surface area contributed by atoms with E-state index in [-0.39, 0.29) is 11.6 Å². The molecule has 0 radical (unpaired) electrons. The quantitative estimate of drug-likeness (QED) is 0.622. The molecule has 13 heavy (non-hydrogen) atoms. The molecular weight excluding hydrogens is 190 g/mol. The Balaban J connectivity index is 0.000000671. The van der Waals surface area contributed by atoms with Crippen molar-refractivity contribution in [3.05, 3.63) is 29.3 Å². The molecule has 0 aliphatic heterocycles. The van der Waals surface area contributed by atoms with E-state index in [1.54, 1.807) is 13.2 Å². The van der Waals surface area contributed by atoms with Crippen molar-refractivity contribution in [2.24, 2.45) is 0 Å². The molecule has 0 nitrogen and oxygen atoms in total. The Bertz CT molecular complexity index is 272. The van der Waals surface area contributed by atoms with Crippen LogP contribution in [0.4, 0.5) is 8.78 Å². The third-order valence-corrected chi connectivity index (χ3v) is 2.19. The van der Waals surface area contributed by atoms with E-state index in [1.807, 2.05) is 13.8 Å². The number of hydrogen-bond donors (Lipinski definition) is 0. The fourth-order valence-electron chi connectivity index (χ4n) is 0.784. The van der Waals surface area contributed by atoms with E-state index >= 15 is 0 Å². The van der Waals surface area contributed by atoms with E-state index in [1.165, 1.54) is 23.9 Å². The minimum absolute atomic E-state index is 0.348. The summed E-state index contributed by atoms with van der Waals surface area (Å²) in [6.07, 6.45) is 1.72. The molecule has 1 aromatic carbocycles. The average Bonchev–Trinajstić information content (AvgIpc) is 2.15. The number of halogens is 2. The van der Waals surface area contributed by atoms with E-state index in [2.05, 4.69) is 0 Å². The minimum Gasteiger partial charge on any atom is -0.207 e. The normalized spacial score (nSPS) is 9.08. The molecule has 0 saturated heterocycles. The molecule has 74 valence electrons. The molecule has 0 spiro atoms. The maximum absolute atomic E-state index is 12.8. The van der Waals surface area contributed by atoms with E-state index in [9.17, 15) is 8.78 Å². The lowest BCUT2D eigenvalue weighted by atomic mass is 10.2. The lowest BCUT2D eigenvalue weighted by molar-refractivity contribution is 0.571. The monoisotopic (exact) mass is 204 g/mol. The van der Waals surface area contributed by atoms with Gasteiger partial charge in [0.25, 0.3) is 0 Å². The molecule has 0 amide bonds. The van der Waals surface area contributed by atoms with Crippen LogP contribution < -0.4 is 0 Å². The summed E-state index contributed by atoms with van der Waals surface area (Å²) in [5, 5.41) is 0. The Hall–Kier alpha value is -0.570. The van der Waals surface area contributed by atoms with Gasteiger partial charge < -0.3 is 0 Å². The Kier molecular flexibility index (Phi) is 5.71. The van der Waals surface area contributed by atoms with Gasteiger partial charge in [-0.05, 0) is 30.9 Å². The van der Waals surface area contributed by atoms with Crippen LogP contribution in [0.25, 0.3) is 0 Å². The average molecular weight is 204 g/mol. The van der Waals surface area contributed by atoms with Gasteiger partial charge in [-0.15, -0.1) is 11.8 Å². The topological polar surface area (TPSA) is 0 Å². The Morgan fingerprint density at radius 3 is 2.08 bits per heavy atom. The van der Waals surface area contributed by atoms with Crippen molar-refractivity contribution >= 4 is 11.8 Å². The zero-order chi connectivity index (χ0) is 10.4.